The minimum absolute atomic E-state index is 0.0463. The summed E-state index contributed by atoms with van der Waals surface area (Å²) in [7, 11) is 1.59. The zero-order valence-electron chi connectivity index (χ0n) is 17.1. The average molecular weight is 460 g/mol. The summed E-state index contributed by atoms with van der Waals surface area (Å²) >= 11 is 7.34. The maximum absolute atomic E-state index is 12.4. The summed E-state index contributed by atoms with van der Waals surface area (Å²) in [5, 5.41) is 14.9. The summed E-state index contributed by atoms with van der Waals surface area (Å²) in [5.74, 6) is 0.984. The lowest BCUT2D eigenvalue weighted by molar-refractivity contribution is -0.116. The van der Waals surface area contributed by atoms with Gasteiger partial charge in [0, 0.05) is 12.2 Å². The summed E-state index contributed by atoms with van der Waals surface area (Å²) in [5.41, 5.74) is 1.22. The van der Waals surface area contributed by atoms with Crippen LogP contribution in [0.25, 0.3) is 0 Å². The van der Waals surface area contributed by atoms with Crippen molar-refractivity contribution >= 4 is 46.6 Å². The third-order valence-corrected chi connectivity index (χ3v) is 5.58. The molecule has 31 heavy (non-hydrogen) atoms. The van der Waals surface area contributed by atoms with E-state index in [1.807, 2.05) is 11.5 Å². The van der Waals surface area contributed by atoms with Gasteiger partial charge in [-0.3, -0.25) is 9.59 Å². The molecule has 0 saturated carbocycles. The number of nitrogens with one attached hydrogen (secondary N) is 2. The van der Waals surface area contributed by atoms with Gasteiger partial charge in [0.2, 0.25) is 11.8 Å². The van der Waals surface area contributed by atoms with Gasteiger partial charge in [0.25, 0.3) is 0 Å². The molecule has 0 fully saturated rings. The van der Waals surface area contributed by atoms with Crippen LogP contribution in [-0.2, 0) is 22.6 Å². The van der Waals surface area contributed by atoms with Crippen molar-refractivity contribution in [2.45, 2.75) is 25.0 Å². The second-order valence-corrected chi connectivity index (χ2v) is 7.76. The lowest BCUT2D eigenvalue weighted by Gasteiger charge is -2.09. The Morgan fingerprint density at radius 1 is 1.06 bits per heavy atom. The molecule has 0 aliphatic rings. The Balaban J connectivity index is 1.57. The lowest BCUT2D eigenvalue weighted by atomic mass is 10.3. The predicted molar refractivity (Wildman–Crippen MR) is 122 cm³/mol. The van der Waals surface area contributed by atoms with Crippen molar-refractivity contribution in [3.63, 3.8) is 0 Å². The topological polar surface area (TPSA) is 98.1 Å². The van der Waals surface area contributed by atoms with E-state index in [0.29, 0.717) is 33.9 Å². The highest BCUT2D eigenvalue weighted by molar-refractivity contribution is 7.99. The molecule has 8 nitrogen and oxygen atoms in total. The number of benzene rings is 2. The second kappa shape index (κ2) is 10.8. The molecule has 3 rings (SSSR count). The number of aromatic nitrogens is 3. The Hall–Kier alpha value is -3.04. The maximum Gasteiger partial charge on any atom is 0.234 e. The molecule has 3 aromatic rings. The number of nitrogens with zero attached hydrogens (tertiary/aromatic N) is 3. The van der Waals surface area contributed by atoms with Crippen molar-refractivity contribution in [1.82, 2.24) is 14.8 Å². The number of rotatable bonds is 9. The molecule has 1 aromatic heterocycles. The van der Waals surface area contributed by atoms with Gasteiger partial charge in [-0.05, 0) is 43.3 Å². The molecular weight excluding hydrogens is 438 g/mol. The third-order valence-electron chi connectivity index (χ3n) is 4.28. The average Bonchev–Trinajstić information content (AvgIpc) is 3.15. The molecule has 0 unspecified atom stereocenters. The predicted octanol–water partition coefficient (Wildman–Crippen LogP) is 3.87. The molecule has 0 radical (unpaired) electrons. The van der Waals surface area contributed by atoms with E-state index in [1.54, 1.807) is 55.6 Å². The highest BCUT2D eigenvalue weighted by atomic mass is 35.5. The van der Waals surface area contributed by atoms with E-state index < -0.39 is 0 Å². The summed E-state index contributed by atoms with van der Waals surface area (Å²) in [4.78, 5) is 24.7. The minimum Gasteiger partial charge on any atom is -0.497 e. The molecule has 0 aliphatic heterocycles. The third kappa shape index (κ3) is 6.22. The van der Waals surface area contributed by atoms with Crippen LogP contribution in [0.15, 0.2) is 53.7 Å². The highest BCUT2D eigenvalue weighted by Crippen LogP contribution is 2.22. The fraction of sp³-hybridized carbons (Fsp3) is 0.238. The van der Waals surface area contributed by atoms with Gasteiger partial charge in [-0.25, -0.2) is 0 Å². The van der Waals surface area contributed by atoms with Crippen LogP contribution < -0.4 is 15.4 Å². The van der Waals surface area contributed by atoms with Gasteiger partial charge < -0.3 is 19.9 Å². The number of ether oxygens (including phenoxy) is 1. The van der Waals surface area contributed by atoms with Crippen molar-refractivity contribution in [2.75, 3.05) is 23.5 Å². The number of carbonyl (C=O) groups is 2. The number of hydrogen-bond donors (Lipinski definition) is 2. The first-order valence-electron chi connectivity index (χ1n) is 9.53. The summed E-state index contributed by atoms with van der Waals surface area (Å²) < 4.78 is 6.92. The van der Waals surface area contributed by atoms with E-state index in [2.05, 4.69) is 20.8 Å². The lowest BCUT2D eigenvalue weighted by Crippen LogP contribution is -2.18. The molecule has 2 aromatic carbocycles. The monoisotopic (exact) mass is 459 g/mol. The van der Waals surface area contributed by atoms with Crippen molar-refractivity contribution in [3.05, 3.63) is 59.4 Å². The summed E-state index contributed by atoms with van der Waals surface area (Å²) in [6.07, 6.45) is 0.0463. The molecule has 2 amide bonds. The second-order valence-electron chi connectivity index (χ2n) is 6.41. The van der Waals surface area contributed by atoms with Crippen LogP contribution in [0.4, 0.5) is 11.4 Å². The quantitative estimate of drug-likeness (QED) is 0.471. The number of amides is 2. The molecule has 0 atom stereocenters. The minimum atomic E-state index is -0.246. The van der Waals surface area contributed by atoms with Crippen LogP contribution in [0.2, 0.25) is 5.02 Å². The molecule has 10 heteroatoms. The number of thioether (sulfide) groups is 1. The fourth-order valence-corrected chi connectivity index (χ4v) is 3.78. The normalized spacial score (nSPS) is 10.5. The van der Waals surface area contributed by atoms with Gasteiger partial charge in [0.1, 0.15) is 11.6 Å². The van der Waals surface area contributed by atoms with Gasteiger partial charge >= 0.3 is 0 Å². The first-order valence-corrected chi connectivity index (χ1v) is 10.9. The Morgan fingerprint density at radius 3 is 2.48 bits per heavy atom. The molecule has 0 spiro atoms. The van der Waals surface area contributed by atoms with Gasteiger partial charge in [-0.1, -0.05) is 35.5 Å². The summed E-state index contributed by atoms with van der Waals surface area (Å²) in [6.45, 7) is 2.50. The van der Waals surface area contributed by atoms with Gasteiger partial charge in [0.15, 0.2) is 5.16 Å². The zero-order valence-corrected chi connectivity index (χ0v) is 18.7. The van der Waals surface area contributed by atoms with E-state index in [9.17, 15) is 9.59 Å². The fourth-order valence-electron chi connectivity index (χ4n) is 2.78. The summed E-state index contributed by atoms with van der Waals surface area (Å²) in [6, 6.07) is 14.1. The van der Waals surface area contributed by atoms with E-state index in [0.717, 1.165) is 5.75 Å². The van der Waals surface area contributed by atoms with Crippen LogP contribution in [0.1, 0.15) is 12.7 Å². The number of halogens is 1. The number of methoxy groups -OCH3 is 1. The van der Waals surface area contributed by atoms with E-state index in [1.165, 1.54) is 11.8 Å². The number of anilines is 2. The van der Waals surface area contributed by atoms with E-state index in [4.69, 9.17) is 16.3 Å². The largest absolute Gasteiger partial charge is 0.497 e. The highest BCUT2D eigenvalue weighted by Gasteiger charge is 2.16. The van der Waals surface area contributed by atoms with Gasteiger partial charge in [-0.15, -0.1) is 10.2 Å². The van der Waals surface area contributed by atoms with Crippen LogP contribution in [-0.4, -0.2) is 39.4 Å². The molecule has 1 heterocycles. The first-order chi connectivity index (χ1) is 15.0. The standard InChI is InChI=1S/C21H22ClN5O3S/c1-3-27-18(12-19(28)24-17-7-5-4-6-16(17)22)25-26-21(27)31-13-20(29)23-14-8-10-15(30-2)11-9-14/h4-11H,3,12-13H2,1-2H3,(H,23,29)(H,24,28). The first kappa shape index (κ1) is 22.6. The SMILES string of the molecule is CCn1c(CC(=O)Nc2ccccc2Cl)nnc1SCC(=O)Nc1ccc(OC)cc1. The Kier molecular flexibility index (Phi) is 7.91. The van der Waals surface area contributed by atoms with Crippen molar-refractivity contribution in [3.8, 4) is 5.75 Å². The van der Waals surface area contributed by atoms with Gasteiger partial charge in [-0.2, -0.15) is 0 Å². The molecule has 0 aliphatic carbocycles. The maximum atomic E-state index is 12.4. The van der Waals surface area contributed by atoms with E-state index >= 15 is 0 Å². The molecule has 0 saturated heterocycles. The van der Waals surface area contributed by atoms with Crippen molar-refractivity contribution in [2.24, 2.45) is 0 Å². The van der Waals surface area contributed by atoms with E-state index in [-0.39, 0.29) is 24.0 Å². The molecule has 2 N–H and O–H groups in total. The van der Waals surface area contributed by atoms with Crippen LogP contribution in [0, 0.1) is 0 Å². The number of para-hydroxylation sites is 1. The van der Waals surface area contributed by atoms with Gasteiger partial charge in [0.05, 0.1) is 30.0 Å². The Bertz CT molecular complexity index is 1060. The van der Waals surface area contributed by atoms with Crippen molar-refractivity contribution in [1.29, 1.82) is 0 Å². The number of hydrogen-bond acceptors (Lipinski definition) is 6. The van der Waals surface area contributed by atoms with Crippen molar-refractivity contribution < 1.29 is 14.3 Å². The zero-order chi connectivity index (χ0) is 22.2. The van der Waals surface area contributed by atoms with Crippen LogP contribution in [0.3, 0.4) is 0 Å². The van der Waals surface area contributed by atoms with Crippen LogP contribution in [0.5, 0.6) is 5.75 Å². The molecular formula is C21H22ClN5O3S. The number of carbonyl (C=O) groups excluding carboxylic acids is 2. The Labute approximate surface area is 189 Å². The smallest absolute Gasteiger partial charge is 0.234 e. The van der Waals surface area contributed by atoms with Crippen LogP contribution >= 0.6 is 23.4 Å². The molecule has 0 bridgehead atoms. The molecule has 162 valence electrons. The Morgan fingerprint density at radius 2 is 1.81 bits per heavy atom.